The Kier molecular flexibility index (Phi) is 7.98. The first-order valence-electron chi connectivity index (χ1n) is 6.40. The number of thioether (sulfide) groups is 1. The minimum absolute atomic E-state index is 0.0679. The van der Waals surface area contributed by atoms with Crippen LogP contribution in [-0.4, -0.2) is 17.9 Å². The third-order valence-corrected chi connectivity index (χ3v) is 3.38. The lowest BCUT2D eigenvalue weighted by Gasteiger charge is -2.06. The molecule has 0 aromatic heterocycles. The number of hydrogen-bond donors (Lipinski definition) is 0. The monoisotopic (exact) mass is 292 g/mol. The van der Waals surface area contributed by atoms with E-state index in [1.807, 2.05) is 30.3 Å². The van der Waals surface area contributed by atoms with E-state index in [0.717, 1.165) is 24.8 Å². The van der Waals surface area contributed by atoms with Gasteiger partial charge in [0.1, 0.15) is 0 Å². The van der Waals surface area contributed by atoms with E-state index in [1.165, 1.54) is 0 Å². The third-order valence-electron chi connectivity index (χ3n) is 2.56. The van der Waals surface area contributed by atoms with Crippen molar-refractivity contribution in [2.24, 2.45) is 0 Å². The van der Waals surface area contributed by atoms with Crippen LogP contribution in [-0.2, 0) is 11.3 Å². The van der Waals surface area contributed by atoms with Crippen LogP contribution in [0, 0.1) is 0 Å². The van der Waals surface area contributed by atoms with Crippen LogP contribution in [0.1, 0.15) is 31.2 Å². The summed E-state index contributed by atoms with van der Waals surface area (Å²) in [5.74, 6) is 0.161. The van der Waals surface area contributed by atoms with Crippen molar-refractivity contribution in [2.45, 2.75) is 37.8 Å². The molecule has 0 fully saturated rings. The van der Waals surface area contributed by atoms with Crippen molar-refractivity contribution in [3.8, 4) is 0 Å². The molecule has 0 unspecified atom stereocenters. The molecule has 0 bridgehead atoms. The average Bonchev–Trinajstić information content (AvgIpc) is 2.37. The zero-order valence-electron chi connectivity index (χ0n) is 10.8. The summed E-state index contributed by atoms with van der Waals surface area (Å²) in [5.41, 5.74) is -2.94. The Balaban J connectivity index is 1.87. The number of benzene rings is 1. The molecule has 108 valence electrons. The summed E-state index contributed by atoms with van der Waals surface area (Å²) in [4.78, 5) is 0. The van der Waals surface area contributed by atoms with Crippen molar-refractivity contribution in [1.82, 2.24) is 0 Å². The van der Waals surface area contributed by atoms with Crippen molar-refractivity contribution in [1.29, 1.82) is 0 Å². The Hall–Kier alpha value is -0.680. The summed E-state index contributed by atoms with van der Waals surface area (Å²) < 4.78 is 41.0. The van der Waals surface area contributed by atoms with Crippen LogP contribution in [0.4, 0.5) is 13.2 Å². The highest BCUT2D eigenvalue weighted by molar-refractivity contribution is 8.00. The lowest BCUT2D eigenvalue weighted by Crippen LogP contribution is -2.01. The molecular formula is C14H19F3OS. The molecule has 1 nitrogen and oxygen atoms in total. The van der Waals surface area contributed by atoms with Gasteiger partial charge in [0.15, 0.2) is 0 Å². The normalized spacial score (nSPS) is 11.7. The number of unbranched alkanes of at least 4 members (excludes halogenated alkanes) is 3. The molecule has 0 aliphatic carbocycles. The average molecular weight is 292 g/mol. The van der Waals surface area contributed by atoms with Gasteiger partial charge in [-0.1, -0.05) is 54.9 Å². The van der Waals surface area contributed by atoms with E-state index >= 15 is 0 Å². The second kappa shape index (κ2) is 9.26. The lowest BCUT2D eigenvalue weighted by molar-refractivity contribution is -0.0328. The molecule has 0 heterocycles. The molecule has 0 atom stereocenters. The van der Waals surface area contributed by atoms with Gasteiger partial charge in [-0.25, -0.2) is 0 Å². The summed E-state index contributed by atoms with van der Waals surface area (Å²) in [6.45, 7) is 1.27. The number of halogens is 3. The van der Waals surface area contributed by atoms with Gasteiger partial charge in [0, 0.05) is 12.4 Å². The van der Waals surface area contributed by atoms with Gasteiger partial charge in [0.05, 0.1) is 6.61 Å². The van der Waals surface area contributed by atoms with Gasteiger partial charge in [0.2, 0.25) is 0 Å². The zero-order chi connectivity index (χ0) is 14.0. The van der Waals surface area contributed by atoms with Gasteiger partial charge in [-0.3, -0.25) is 0 Å². The molecule has 0 aliphatic rings. The Morgan fingerprint density at radius 3 is 2.32 bits per heavy atom. The predicted octanol–water partition coefficient (Wildman–Crippen LogP) is 5.02. The second-order valence-corrected chi connectivity index (χ2v) is 5.41. The van der Waals surface area contributed by atoms with Crippen molar-refractivity contribution < 1.29 is 17.9 Å². The highest BCUT2D eigenvalue weighted by atomic mass is 32.2. The van der Waals surface area contributed by atoms with Crippen LogP contribution in [0.3, 0.4) is 0 Å². The van der Waals surface area contributed by atoms with Gasteiger partial charge < -0.3 is 4.74 Å². The topological polar surface area (TPSA) is 9.23 Å². The van der Waals surface area contributed by atoms with Crippen LogP contribution in [0.25, 0.3) is 0 Å². The molecule has 0 aliphatic heterocycles. The molecule has 1 aromatic carbocycles. The lowest BCUT2D eigenvalue weighted by atomic mass is 10.2. The van der Waals surface area contributed by atoms with E-state index in [4.69, 9.17) is 4.74 Å². The summed E-state index contributed by atoms with van der Waals surface area (Å²) in [5, 5.41) is 0. The molecule has 0 radical (unpaired) electrons. The molecule has 0 saturated heterocycles. The SMILES string of the molecule is FC(F)(F)SCCCCCCOCc1ccccc1. The minimum Gasteiger partial charge on any atom is -0.377 e. The van der Waals surface area contributed by atoms with E-state index in [-0.39, 0.29) is 17.5 Å². The maximum Gasteiger partial charge on any atom is 0.441 e. The maximum absolute atomic E-state index is 11.8. The Bertz CT molecular complexity index is 327. The summed E-state index contributed by atoms with van der Waals surface area (Å²) in [7, 11) is 0. The van der Waals surface area contributed by atoms with Crippen molar-refractivity contribution in [3.63, 3.8) is 0 Å². The van der Waals surface area contributed by atoms with E-state index in [1.54, 1.807) is 0 Å². The third kappa shape index (κ3) is 9.85. The van der Waals surface area contributed by atoms with Gasteiger partial charge >= 0.3 is 5.51 Å². The molecule has 0 N–H and O–H groups in total. The van der Waals surface area contributed by atoms with Crippen molar-refractivity contribution in [2.75, 3.05) is 12.4 Å². The van der Waals surface area contributed by atoms with E-state index in [9.17, 15) is 13.2 Å². The fourth-order valence-corrected chi connectivity index (χ4v) is 2.19. The number of hydrogen-bond acceptors (Lipinski definition) is 2. The second-order valence-electron chi connectivity index (χ2n) is 4.25. The Labute approximate surface area is 116 Å². The molecule has 1 rings (SSSR count). The summed E-state index contributed by atoms with van der Waals surface area (Å²) >= 11 is 0.0679. The number of ether oxygens (including phenoxy) is 1. The first-order valence-corrected chi connectivity index (χ1v) is 7.39. The highest BCUT2D eigenvalue weighted by Crippen LogP contribution is 2.30. The minimum atomic E-state index is -4.08. The first kappa shape index (κ1) is 16.4. The smallest absolute Gasteiger partial charge is 0.377 e. The molecule has 0 spiro atoms. The van der Waals surface area contributed by atoms with Crippen molar-refractivity contribution >= 4 is 11.8 Å². The molecular weight excluding hydrogens is 273 g/mol. The fourth-order valence-electron chi connectivity index (χ4n) is 1.61. The van der Waals surface area contributed by atoms with Gasteiger partial charge in [-0.15, -0.1) is 0 Å². The molecule has 0 amide bonds. The molecule has 0 saturated carbocycles. The standard InChI is InChI=1S/C14H19F3OS/c15-14(16,17)19-11-7-2-1-6-10-18-12-13-8-4-3-5-9-13/h3-5,8-9H,1-2,6-7,10-12H2. The molecule has 19 heavy (non-hydrogen) atoms. The summed E-state index contributed by atoms with van der Waals surface area (Å²) in [6.07, 6.45) is 3.28. The van der Waals surface area contributed by atoms with Crippen LogP contribution in [0.2, 0.25) is 0 Å². The quantitative estimate of drug-likeness (QED) is 0.591. The molecule has 1 aromatic rings. The van der Waals surface area contributed by atoms with E-state index < -0.39 is 5.51 Å². The van der Waals surface area contributed by atoms with Gasteiger partial charge in [-0.2, -0.15) is 13.2 Å². The number of alkyl halides is 3. The van der Waals surface area contributed by atoms with Gasteiger partial charge in [0.25, 0.3) is 0 Å². The Morgan fingerprint density at radius 1 is 0.947 bits per heavy atom. The maximum atomic E-state index is 11.8. The van der Waals surface area contributed by atoms with Crippen molar-refractivity contribution in [3.05, 3.63) is 35.9 Å². The first-order chi connectivity index (χ1) is 9.08. The zero-order valence-corrected chi connectivity index (χ0v) is 11.6. The van der Waals surface area contributed by atoms with Crippen LogP contribution < -0.4 is 0 Å². The largest absolute Gasteiger partial charge is 0.441 e. The highest BCUT2D eigenvalue weighted by Gasteiger charge is 2.27. The number of rotatable bonds is 9. The van der Waals surface area contributed by atoms with Gasteiger partial charge in [-0.05, 0) is 18.4 Å². The van der Waals surface area contributed by atoms with Crippen LogP contribution in [0.15, 0.2) is 30.3 Å². The van der Waals surface area contributed by atoms with Crippen LogP contribution in [0.5, 0.6) is 0 Å². The predicted molar refractivity (Wildman–Crippen MR) is 73.1 cm³/mol. The molecule has 5 heteroatoms. The fraction of sp³-hybridized carbons (Fsp3) is 0.571. The van der Waals surface area contributed by atoms with E-state index in [0.29, 0.717) is 19.6 Å². The Morgan fingerprint density at radius 2 is 1.63 bits per heavy atom. The summed E-state index contributed by atoms with van der Waals surface area (Å²) in [6, 6.07) is 9.92. The van der Waals surface area contributed by atoms with Crippen LogP contribution >= 0.6 is 11.8 Å². The van der Waals surface area contributed by atoms with E-state index in [2.05, 4.69) is 0 Å².